The van der Waals surface area contributed by atoms with Crippen molar-refractivity contribution in [1.29, 1.82) is 0 Å². The lowest BCUT2D eigenvalue weighted by atomic mass is 9.92. The van der Waals surface area contributed by atoms with E-state index in [1.54, 1.807) is 0 Å². The second-order valence-electron chi connectivity index (χ2n) is 11.8. The molecule has 0 radical (unpaired) electrons. The molecule has 5 aromatic rings. The van der Waals surface area contributed by atoms with Crippen LogP contribution in [0.2, 0.25) is 0 Å². The Morgan fingerprint density at radius 1 is 0.475 bits per heavy atom. The number of rotatable bonds is 8. The summed E-state index contributed by atoms with van der Waals surface area (Å²) in [6.45, 7) is 18.0. The van der Waals surface area contributed by atoms with Crippen molar-refractivity contribution < 1.29 is 0 Å². The standard InChI is InChI=1S/C35H41N5/c1-22(2)26-12-9-13-27(23(3)4)32(26)39-20-18-36-34(39)30-16-11-17-31(38-30)35-37-19-21-40(35)33-28(24(5)6)14-10-15-29(33)25(7)8/h9-25H,1-8H3. The molecule has 5 rings (SSSR count). The van der Waals surface area contributed by atoms with Crippen molar-refractivity contribution in [3.05, 3.63) is 102 Å². The maximum atomic E-state index is 5.16. The van der Waals surface area contributed by atoms with Crippen molar-refractivity contribution >= 4 is 0 Å². The zero-order valence-corrected chi connectivity index (χ0v) is 25.1. The first-order valence-corrected chi connectivity index (χ1v) is 14.5. The maximum Gasteiger partial charge on any atom is 0.163 e. The van der Waals surface area contributed by atoms with Crippen molar-refractivity contribution in [2.75, 3.05) is 0 Å². The summed E-state index contributed by atoms with van der Waals surface area (Å²) in [6, 6.07) is 19.4. The Bertz CT molecular complexity index is 1450. The largest absolute Gasteiger partial charge is 0.298 e. The number of imidazole rings is 2. The predicted molar refractivity (Wildman–Crippen MR) is 166 cm³/mol. The normalized spacial score (nSPS) is 11.9. The predicted octanol–water partition coefficient (Wildman–Crippen LogP) is 9.28. The van der Waals surface area contributed by atoms with Gasteiger partial charge in [-0.05, 0) is 58.1 Å². The van der Waals surface area contributed by atoms with E-state index in [2.05, 4.69) is 119 Å². The van der Waals surface area contributed by atoms with E-state index in [1.165, 1.54) is 33.6 Å². The van der Waals surface area contributed by atoms with Gasteiger partial charge in [-0.15, -0.1) is 0 Å². The molecule has 0 spiro atoms. The molecule has 3 heterocycles. The van der Waals surface area contributed by atoms with Crippen molar-refractivity contribution in [3.63, 3.8) is 0 Å². The van der Waals surface area contributed by atoms with Crippen LogP contribution in [-0.2, 0) is 0 Å². The third-order valence-electron chi connectivity index (χ3n) is 7.66. The van der Waals surface area contributed by atoms with Crippen molar-refractivity contribution in [3.8, 4) is 34.4 Å². The average Bonchev–Trinajstić information content (AvgIpc) is 3.62. The third kappa shape index (κ3) is 5.01. The number of nitrogens with zero attached hydrogens (tertiary/aromatic N) is 5. The van der Waals surface area contributed by atoms with Gasteiger partial charge in [0.25, 0.3) is 0 Å². The molecule has 0 saturated heterocycles. The van der Waals surface area contributed by atoms with Crippen LogP contribution in [0.3, 0.4) is 0 Å². The molecule has 3 aromatic heterocycles. The zero-order chi connectivity index (χ0) is 28.6. The number of pyridine rings is 1. The van der Waals surface area contributed by atoms with Gasteiger partial charge < -0.3 is 0 Å². The van der Waals surface area contributed by atoms with E-state index in [0.717, 1.165) is 23.0 Å². The average molecular weight is 532 g/mol. The fourth-order valence-electron chi connectivity index (χ4n) is 5.61. The lowest BCUT2D eigenvalue weighted by molar-refractivity contribution is 0.805. The minimum atomic E-state index is 0.381. The summed E-state index contributed by atoms with van der Waals surface area (Å²) >= 11 is 0. The van der Waals surface area contributed by atoms with E-state index in [0.29, 0.717) is 23.7 Å². The minimum Gasteiger partial charge on any atom is -0.298 e. The Balaban J connectivity index is 1.66. The van der Waals surface area contributed by atoms with Crippen LogP contribution in [0.1, 0.15) is 101 Å². The quantitative estimate of drug-likeness (QED) is 0.200. The SMILES string of the molecule is CC(C)c1cccc(C(C)C)c1-n1ccnc1-c1cccc(-c2nccn2-c2c(C(C)C)cccc2C(C)C)n1. The van der Waals surface area contributed by atoms with Crippen LogP contribution in [0.25, 0.3) is 34.4 Å². The molecule has 206 valence electrons. The van der Waals surface area contributed by atoms with Crippen LogP contribution in [0.4, 0.5) is 0 Å². The van der Waals surface area contributed by atoms with E-state index >= 15 is 0 Å². The van der Waals surface area contributed by atoms with E-state index < -0.39 is 0 Å². The fraction of sp³-hybridized carbons (Fsp3) is 0.343. The molecule has 5 nitrogen and oxygen atoms in total. The van der Waals surface area contributed by atoms with Gasteiger partial charge in [-0.25, -0.2) is 15.0 Å². The van der Waals surface area contributed by atoms with E-state index in [4.69, 9.17) is 15.0 Å². The molecule has 0 aliphatic carbocycles. The highest BCUT2D eigenvalue weighted by atomic mass is 15.1. The summed E-state index contributed by atoms with van der Waals surface area (Å²) in [5.41, 5.74) is 9.31. The monoisotopic (exact) mass is 531 g/mol. The van der Waals surface area contributed by atoms with Crippen molar-refractivity contribution in [2.45, 2.75) is 79.1 Å². The van der Waals surface area contributed by atoms with Crippen LogP contribution in [-0.4, -0.2) is 24.1 Å². The molecular weight excluding hydrogens is 490 g/mol. The molecule has 40 heavy (non-hydrogen) atoms. The molecular formula is C35H41N5. The molecule has 0 aliphatic rings. The number of benzene rings is 2. The number of para-hydroxylation sites is 2. The van der Waals surface area contributed by atoms with Crippen LogP contribution in [0.15, 0.2) is 79.4 Å². The highest BCUT2D eigenvalue weighted by Gasteiger charge is 2.22. The van der Waals surface area contributed by atoms with E-state index in [-0.39, 0.29) is 0 Å². The van der Waals surface area contributed by atoms with Crippen LogP contribution in [0.5, 0.6) is 0 Å². The summed E-state index contributed by atoms with van der Waals surface area (Å²) in [5.74, 6) is 3.19. The van der Waals surface area contributed by atoms with Gasteiger partial charge in [0.15, 0.2) is 11.6 Å². The molecule has 0 saturated carbocycles. The van der Waals surface area contributed by atoms with Gasteiger partial charge in [-0.3, -0.25) is 9.13 Å². The Kier molecular flexibility index (Phi) is 7.75. The van der Waals surface area contributed by atoms with Crippen LogP contribution in [0, 0.1) is 0 Å². The third-order valence-corrected chi connectivity index (χ3v) is 7.66. The Hall–Kier alpha value is -3.99. The number of hydrogen-bond donors (Lipinski definition) is 0. The summed E-state index contributed by atoms with van der Waals surface area (Å²) in [6.07, 6.45) is 7.87. The molecule has 0 atom stereocenters. The smallest absolute Gasteiger partial charge is 0.163 e. The molecule has 0 bridgehead atoms. The van der Waals surface area contributed by atoms with Crippen LogP contribution < -0.4 is 0 Å². The minimum absolute atomic E-state index is 0.381. The molecule has 0 amide bonds. The van der Waals surface area contributed by atoms with Gasteiger partial charge in [-0.2, -0.15) is 0 Å². The topological polar surface area (TPSA) is 48.5 Å². The lowest BCUT2D eigenvalue weighted by Gasteiger charge is -2.22. The first-order chi connectivity index (χ1) is 19.2. The zero-order valence-electron chi connectivity index (χ0n) is 25.1. The summed E-state index contributed by atoms with van der Waals surface area (Å²) in [5, 5.41) is 0. The van der Waals surface area contributed by atoms with Gasteiger partial charge in [0.1, 0.15) is 11.4 Å². The lowest BCUT2D eigenvalue weighted by Crippen LogP contribution is -2.09. The first kappa shape index (κ1) is 27.6. The second kappa shape index (κ2) is 11.2. The number of hydrogen-bond acceptors (Lipinski definition) is 3. The van der Waals surface area contributed by atoms with Crippen molar-refractivity contribution in [2.24, 2.45) is 0 Å². The molecule has 2 aromatic carbocycles. The second-order valence-corrected chi connectivity index (χ2v) is 11.8. The molecule has 0 fully saturated rings. The number of aromatic nitrogens is 5. The fourth-order valence-corrected chi connectivity index (χ4v) is 5.61. The van der Waals surface area contributed by atoms with Gasteiger partial charge in [0, 0.05) is 24.8 Å². The summed E-state index contributed by atoms with van der Waals surface area (Å²) < 4.78 is 4.43. The van der Waals surface area contributed by atoms with Gasteiger partial charge >= 0.3 is 0 Å². The Morgan fingerprint density at radius 3 is 1.12 bits per heavy atom. The Morgan fingerprint density at radius 2 is 0.800 bits per heavy atom. The maximum absolute atomic E-state index is 5.16. The summed E-state index contributed by atoms with van der Waals surface area (Å²) in [7, 11) is 0. The molecule has 0 unspecified atom stereocenters. The Labute approximate surface area is 239 Å². The first-order valence-electron chi connectivity index (χ1n) is 14.5. The van der Waals surface area contributed by atoms with Crippen LogP contribution >= 0.6 is 0 Å². The van der Waals surface area contributed by atoms with Gasteiger partial charge in [0.2, 0.25) is 0 Å². The van der Waals surface area contributed by atoms with E-state index in [1.807, 2.05) is 24.5 Å². The molecule has 5 heteroatoms. The van der Waals surface area contributed by atoms with Crippen molar-refractivity contribution in [1.82, 2.24) is 24.1 Å². The summed E-state index contributed by atoms with van der Waals surface area (Å²) in [4.78, 5) is 14.8. The highest BCUT2D eigenvalue weighted by molar-refractivity contribution is 5.65. The molecule has 0 N–H and O–H groups in total. The van der Waals surface area contributed by atoms with E-state index in [9.17, 15) is 0 Å². The molecule has 0 aliphatic heterocycles. The van der Waals surface area contributed by atoms with Gasteiger partial charge in [-0.1, -0.05) is 97.9 Å². The highest BCUT2D eigenvalue weighted by Crippen LogP contribution is 2.36. The van der Waals surface area contributed by atoms with Gasteiger partial charge in [0.05, 0.1) is 11.4 Å².